The van der Waals surface area contributed by atoms with Crippen LogP contribution in [0.4, 0.5) is 0 Å². The Bertz CT molecular complexity index is 368. The van der Waals surface area contributed by atoms with Gasteiger partial charge in [-0.1, -0.05) is 0 Å². The molecule has 0 bridgehead atoms. The molecule has 0 spiro atoms. The van der Waals surface area contributed by atoms with E-state index in [1.807, 2.05) is 0 Å². The molecule has 1 atom stereocenters. The van der Waals surface area contributed by atoms with Gasteiger partial charge in [0.1, 0.15) is 11.6 Å². The third kappa shape index (κ3) is 1.49. The fourth-order valence-electron chi connectivity index (χ4n) is 1.72. The molecule has 1 aliphatic carbocycles. The van der Waals surface area contributed by atoms with Crippen molar-refractivity contribution in [1.29, 1.82) is 0 Å². The zero-order valence-corrected chi connectivity index (χ0v) is 8.27. The molecule has 1 heterocycles. The van der Waals surface area contributed by atoms with Crippen molar-refractivity contribution in [2.45, 2.75) is 32.7 Å². The van der Waals surface area contributed by atoms with Crippen LogP contribution in [0.1, 0.15) is 30.5 Å². The molecule has 0 aromatic carbocycles. The normalized spacial score (nSPS) is 18.1. The second-order valence-electron chi connectivity index (χ2n) is 3.77. The van der Waals surface area contributed by atoms with Crippen LogP contribution in [-0.2, 0) is 4.79 Å². The predicted octanol–water partition coefficient (Wildman–Crippen LogP) is 0.931. The Morgan fingerprint density at radius 3 is 2.57 bits per heavy atom. The van der Waals surface area contributed by atoms with Crippen LogP contribution in [0.5, 0.6) is 0 Å². The number of hydrogen-bond donors (Lipinski definition) is 1. The van der Waals surface area contributed by atoms with E-state index in [-0.39, 0.29) is 5.92 Å². The van der Waals surface area contributed by atoms with Crippen LogP contribution in [-0.4, -0.2) is 25.8 Å². The summed E-state index contributed by atoms with van der Waals surface area (Å²) in [5, 5.41) is 13.2. The number of aromatic nitrogens is 3. The minimum atomic E-state index is -0.805. The fourth-order valence-corrected chi connectivity index (χ4v) is 1.72. The third-order valence-corrected chi connectivity index (χ3v) is 2.49. The Balaban J connectivity index is 2.34. The molecule has 1 aromatic heterocycles. The summed E-state index contributed by atoms with van der Waals surface area (Å²) in [7, 11) is 0. The van der Waals surface area contributed by atoms with Crippen LogP contribution in [0, 0.1) is 19.8 Å². The van der Waals surface area contributed by atoms with Crippen molar-refractivity contribution in [3.8, 4) is 0 Å². The van der Waals surface area contributed by atoms with Gasteiger partial charge in [-0.05, 0) is 32.6 Å². The summed E-state index contributed by atoms with van der Waals surface area (Å²) >= 11 is 0. The van der Waals surface area contributed by atoms with E-state index in [0.29, 0.717) is 11.6 Å². The molecule has 1 saturated carbocycles. The topological polar surface area (TPSA) is 68.0 Å². The average molecular weight is 195 g/mol. The Labute approximate surface area is 81.8 Å². The minimum Gasteiger partial charge on any atom is -0.480 e. The standard InChI is InChI=1S/C9H13N3O2/c1-5-10-6(2)12(11-5)8(9(13)14)7-3-4-7/h7-8H,3-4H2,1-2H3,(H,13,14). The first-order chi connectivity index (χ1) is 6.59. The molecule has 1 aliphatic rings. The zero-order chi connectivity index (χ0) is 10.3. The van der Waals surface area contributed by atoms with Crippen molar-refractivity contribution in [1.82, 2.24) is 14.8 Å². The second-order valence-corrected chi connectivity index (χ2v) is 3.77. The fraction of sp³-hybridized carbons (Fsp3) is 0.667. The van der Waals surface area contributed by atoms with Crippen molar-refractivity contribution >= 4 is 5.97 Å². The van der Waals surface area contributed by atoms with Gasteiger partial charge in [-0.2, -0.15) is 5.10 Å². The van der Waals surface area contributed by atoms with Crippen LogP contribution in [0.25, 0.3) is 0 Å². The van der Waals surface area contributed by atoms with Crippen LogP contribution in [0.2, 0.25) is 0 Å². The Morgan fingerprint density at radius 1 is 1.57 bits per heavy atom. The highest BCUT2D eigenvalue weighted by Crippen LogP contribution is 2.39. The predicted molar refractivity (Wildman–Crippen MR) is 48.9 cm³/mol. The average Bonchev–Trinajstić information content (AvgIpc) is 2.81. The van der Waals surface area contributed by atoms with E-state index in [4.69, 9.17) is 5.11 Å². The van der Waals surface area contributed by atoms with E-state index in [1.165, 1.54) is 4.68 Å². The molecule has 1 unspecified atom stereocenters. The Hall–Kier alpha value is -1.39. The number of hydrogen-bond acceptors (Lipinski definition) is 3. The quantitative estimate of drug-likeness (QED) is 0.779. The van der Waals surface area contributed by atoms with Crippen molar-refractivity contribution in [3.63, 3.8) is 0 Å². The van der Waals surface area contributed by atoms with Gasteiger partial charge >= 0.3 is 5.97 Å². The molecule has 1 N–H and O–H groups in total. The molecular weight excluding hydrogens is 182 g/mol. The van der Waals surface area contributed by atoms with Crippen molar-refractivity contribution in [2.24, 2.45) is 5.92 Å². The van der Waals surface area contributed by atoms with E-state index in [1.54, 1.807) is 13.8 Å². The van der Waals surface area contributed by atoms with E-state index in [0.717, 1.165) is 12.8 Å². The van der Waals surface area contributed by atoms with E-state index >= 15 is 0 Å². The maximum absolute atomic E-state index is 11.1. The van der Waals surface area contributed by atoms with E-state index in [2.05, 4.69) is 10.1 Å². The van der Waals surface area contributed by atoms with Gasteiger partial charge in [0.05, 0.1) is 0 Å². The lowest BCUT2D eigenvalue weighted by atomic mass is 10.2. The monoisotopic (exact) mass is 195 g/mol. The molecule has 1 fully saturated rings. The van der Waals surface area contributed by atoms with Gasteiger partial charge in [-0.25, -0.2) is 14.5 Å². The Kier molecular flexibility index (Phi) is 2.02. The van der Waals surface area contributed by atoms with Gasteiger partial charge in [-0.15, -0.1) is 0 Å². The molecular formula is C9H13N3O2. The second kappa shape index (κ2) is 3.08. The number of aryl methyl sites for hydroxylation is 2. The van der Waals surface area contributed by atoms with Gasteiger partial charge < -0.3 is 5.11 Å². The smallest absolute Gasteiger partial charge is 0.328 e. The molecule has 0 aliphatic heterocycles. The molecule has 14 heavy (non-hydrogen) atoms. The van der Waals surface area contributed by atoms with Crippen molar-refractivity contribution < 1.29 is 9.90 Å². The SMILES string of the molecule is Cc1nc(C)n(C(C(=O)O)C2CC2)n1. The summed E-state index contributed by atoms with van der Waals surface area (Å²) in [5.41, 5.74) is 0. The maximum atomic E-state index is 11.1. The Morgan fingerprint density at radius 2 is 2.21 bits per heavy atom. The molecule has 0 radical (unpaired) electrons. The van der Waals surface area contributed by atoms with Gasteiger partial charge in [0.25, 0.3) is 0 Å². The number of carboxylic acids is 1. The molecule has 5 heteroatoms. The third-order valence-electron chi connectivity index (χ3n) is 2.49. The van der Waals surface area contributed by atoms with Crippen LogP contribution in [0.15, 0.2) is 0 Å². The minimum absolute atomic E-state index is 0.243. The summed E-state index contributed by atoms with van der Waals surface area (Å²) in [6.07, 6.45) is 1.96. The van der Waals surface area contributed by atoms with Gasteiger partial charge in [-0.3, -0.25) is 0 Å². The maximum Gasteiger partial charge on any atom is 0.328 e. The van der Waals surface area contributed by atoms with Crippen molar-refractivity contribution in [2.75, 3.05) is 0 Å². The first kappa shape index (κ1) is 9.18. The molecule has 5 nitrogen and oxygen atoms in total. The van der Waals surface area contributed by atoms with Crippen LogP contribution < -0.4 is 0 Å². The lowest BCUT2D eigenvalue weighted by Crippen LogP contribution is -2.23. The first-order valence-electron chi connectivity index (χ1n) is 4.72. The van der Waals surface area contributed by atoms with E-state index < -0.39 is 12.0 Å². The van der Waals surface area contributed by atoms with Gasteiger partial charge in [0.2, 0.25) is 0 Å². The summed E-state index contributed by atoms with van der Waals surface area (Å²) in [5.74, 6) is 0.754. The van der Waals surface area contributed by atoms with Crippen LogP contribution >= 0.6 is 0 Å². The van der Waals surface area contributed by atoms with Crippen LogP contribution in [0.3, 0.4) is 0 Å². The highest BCUT2D eigenvalue weighted by Gasteiger charge is 2.39. The molecule has 1 aromatic rings. The number of carbonyl (C=O) groups is 1. The van der Waals surface area contributed by atoms with E-state index in [9.17, 15) is 4.79 Å². The lowest BCUT2D eigenvalue weighted by molar-refractivity contribution is -0.142. The largest absolute Gasteiger partial charge is 0.480 e. The van der Waals surface area contributed by atoms with Crippen molar-refractivity contribution in [3.05, 3.63) is 11.6 Å². The molecule has 0 amide bonds. The van der Waals surface area contributed by atoms with Gasteiger partial charge in [0.15, 0.2) is 6.04 Å². The summed E-state index contributed by atoms with van der Waals surface area (Å²) < 4.78 is 1.54. The molecule has 2 rings (SSSR count). The molecule has 0 saturated heterocycles. The molecule has 76 valence electrons. The number of nitrogens with zero attached hydrogens (tertiary/aromatic N) is 3. The first-order valence-corrected chi connectivity index (χ1v) is 4.72. The highest BCUT2D eigenvalue weighted by molar-refractivity contribution is 5.72. The highest BCUT2D eigenvalue weighted by atomic mass is 16.4. The summed E-state index contributed by atoms with van der Waals surface area (Å²) in [4.78, 5) is 15.2. The number of aliphatic carboxylic acids is 1. The van der Waals surface area contributed by atoms with Gasteiger partial charge in [0, 0.05) is 0 Å². The zero-order valence-electron chi connectivity index (χ0n) is 8.27. The number of carboxylic acid groups (broad SMARTS) is 1. The lowest BCUT2D eigenvalue weighted by Gasteiger charge is -2.12. The summed E-state index contributed by atoms with van der Waals surface area (Å²) in [6.45, 7) is 3.56. The number of rotatable bonds is 3. The summed E-state index contributed by atoms with van der Waals surface area (Å²) in [6, 6.07) is -0.517.